The predicted molar refractivity (Wildman–Crippen MR) is 98.8 cm³/mol. The molecule has 0 aliphatic heterocycles. The summed E-state index contributed by atoms with van der Waals surface area (Å²) in [7, 11) is 0.741. The van der Waals surface area contributed by atoms with E-state index in [1.807, 2.05) is 36.4 Å². The zero-order chi connectivity index (χ0) is 19.0. The molecule has 2 rings (SSSR count). The fourth-order valence-electron chi connectivity index (χ4n) is 2.38. The third-order valence-electron chi connectivity index (χ3n) is 3.90. The molecule has 2 aromatic carbocycles. The molecule has 0 amide bonds. The van der Waals surface area contributed by atoms with Gasteiger partial charge in [-0.25, -0.2) is 0 Å². The maximum absolute atomic E-state index is 12.5. The van der Waals surface area contributed by atoms with Gasteiger partial charge in [-0.2, -0.15) is 0 Å². The molecule has 0 aliphatic rings. The average molecular weight is 378 g/mol. The van der Waals surface area contributed by atoms with Crippen molar-refractivity contribution in [2.45, 2.75) is 13.2 Å². The van der Waals surface area contributed by atoms with Crippen molar-refractivity contribution in [3.8, 4) is 5.75 Å². The van der Waals surface area contributed by atoms with Crippen LogP contribution in [0.5, 0.6) is 5.75 Å². The highest BCUT2D eigenvalue weighted by atomic mass is 31.2. The molecule has 0 N–H and O–H groups in total. The van der Waals surface area contributed by atoms with E-state index >= 15 is 0 Å². The molecule has 0 saturated heterocycles. The number of Topliss-reactive ketones (excluding diaryl/α,β-unsaturated/α-hetero) is 1. The highest BCUT2D eigenvalue weighted by Crippen LogP contribution is 2.46. The molecule has 0 saturated carbocycles. The summed E-state index contributed by atoms with van der Waals surface area (Å²) in [5, 5.41) is 0. The van der Waals surface area contributed by atoms with Gasteiger partial charge < -0.3 is 18.5 Å². The number of methoxy groups -OCH3 is 1. The zero-order valence-corrected chi connectivity index (χ0v) is 16.0. The Balaban J connectivity index is 2.01. The molecule has 0 unspecified atom stereocenters. The Morgan fingerprint density at radius 3 is 2.19 bits per heavy atom. The van der Waals surface area contributed by atoms with Crippen LogP contribution >= 0.6 is 7.60 Å². The summed E-state index contributed by atoms with van der Waals surface area (Å²) in [5.74, 6) is 0.478. The molecule has 0 aromatic heterocycles. The third-order valence-corrected chi connectivity index (χ3v) is 5.68. The van der Waals surface area contributed by atoms with Crippen molar-refractivity contribution >= 4 is 13.4 Å². The van der Waals surface area contributed by atoms with E-state index in [9.17, 15) is 9.36 Å². The maximum atomic E-state index is 12.5. The first kappa shape index (κ1) is 20.3. The molecule has 0 heterocycles. The Morgan fingerprint density at radius 1 is 0.923 bits per heavy atom. The second-order valence-corrected chi connectivity index (χ2v) is 7.82. The molecule has 140 valence electrons. The van der Waals surface area contributed by atoms with Crippen LogP contribution in [0.3, 0.4) is 0 Å². The van der Waals surface area contributed by atoms with E-state index in [1.165, 1.54) is 14.2 Å². The van der Waals surface area contributed by atoms with Crippen molar-refractivity contribution in [1.29, 1.82) is 0 Å². The highest BCUT2D eigenvalue weighted by Gasteiger charge is 2.27. The lowest BCUT2D eigenvalue weighted by Gasteiger charge is -2.14. The third kappa shape index (κ3) is 5.51. The lowest BCUT2D eigenvalue weighted by molar-refractivity contribution is 0.0972. The lowest BCUT2D eigenvalue weighted by atomic mass is 10.1. The molecule has 0 fully saturated rings. The Bertz CT molecular complexity index is 764. The molecule has 26 heavy (non-hydrogen) atoms. The van der Waals surface area contributed by atoms with Crippen LogP contribution in [0, 0.1) is 0 Å². The van der Waals surface area contributed by atoms with E-state index in [0.29, 0.717) is 12.2 Å². The minimum atomic E-state index is -3.41. The van der Waals surface area contributed by atoms with E-state index in [2.05, 4.69) is 0 Å². The smallest absolute Gasteiger partial charge is 0.337 e. The summed E-state index contributed by atoms with van der Waals surface area (Å²) < 4.78 is 32.7. The summed E-state index contributed by atoms with van der Waals surface area (Å²) in [6.07, 6.45) is -0.310. The van der Waals surface area contributed by atoms with Gasteiger partial charge in [0, 0.05) is 19.8 Å². The summed E-state index contributed by atoms with van der Waals surface area (Å²) in [6.45, 7) is 0.666. The molecular formula is C19H23O6P. The first-order chi connectivity index (χ1) is 12.5. The van der Waals surface area contributed by atoms with Gasteiger partial charge in [0.15, 0.2) is 5.78 Å². The highest BCUT2D eigenvalue weighted by molar-refractivity contribution is 7.54. The quantitative estimate of drug-likeness (QED) is 0.458. The largest absolute Gasteiger partial charge is 0.497 e. The number of hydrogen-bond donors (Lipinski definition) is 0. The van der Waals surface area contributed by atoms with Gasteiger partial charge in [-0.05, 0) is 23.3 Å². The molecule has 7 heteroatoms. The van der Waals surface area contributed by atoms with E-state index in [4.69, 9.17) is 18.5 Å². The van der Waals surface area contributed by atoms with E-state index in [0.717, 1.165) is 16.9 Å². The minimum absolute atomic E-state index is 0.262. The van der Waals surface area contributed by atoms with Crippen molar-refractivity contribution in [2.75, 3.05) is 27.5 Å². The molecular weight excluding hydrogens is 355 g/mol. The monoisotopic (exact) mass is 378 g/mol. The van der Waals surface area contributed by atoms with Gasteiger partial charge in [0.1, 0.15) is 11.9 Å². The van der Waals surface area contributed by atoms with Crippen LogP contribution in [0.4, 0.5) is 0 Å². The van der Waals surface area contributed by atoms with Crippen LogP contribution < -0.4 is 4.74 Å². The number of benzene rings is 2. The fraction of sp³-hybridized carbons (Fsp3) is 0.316. The number of hydrogen-bond acceptors (Lipinski definition) is 6. The Kier molecular flexibility index (Phi) is 7.54. The van der Waals surface area contributed by atoms with Crippen molar-refractivity contribution in [3.05, 3.63) is 65.2 Å². The molecule has 6 nitrogen and oxygen atoms in total. The Labute approximate surface area is 153 Å². The Hall–Kier alpha value is -1.98. The number of ether oxygens (including phenoxy) is 2. The van der Waals surface area contributed by atoms with E-state index in [-0.39, 0.29) is 18.6 Å². The van der Waals surface area contributed by atoms with Gasteiger partial charge in [-0.15, -0.1) is 0 Å². The van der Waals surface area contributed by atoms with E-state index in [1.54, 1.807) is 19.2 Å². The number of carbonyl (C=O) groups excluding carboxylic acids is 1. The van der Waals surface area contributed by atoms with Crippen LogP contribution in [-0.2, 0) is 31.6 Å². The number of rotatable bonds is 10. The Morgan fingerprint density at radius 2 is 1.58 bits per heavy atom. The summed E-state index contributed by atoms with van der Waals surface area (Å²) >= 11 is 0. The van der Waals surface area contributed by atoms with Gasteiger partial charge in [-0.3, -0.25) is 9.36 Å². The van der Waals surface area contributed by atoms with Crippen LogP contribution in [-0.4, -0.2) is 33.3 Å². The van der Waals surface area contributed by atoms with Gasteiger partial charge >= 0.3 is 7.60 Å². The zero-order valence-electron chi connectivity index (χ0n) is 15.1. The molecule has 0 radical (unpaired) electrons. The van der Waals surface area contributed by atoms with Crippen molar-refractivity contribution in [1.82, 2.24) is 0 Å². The lowest BCUT2D eigenvalue weighted by Crippen LogP contribution is -2.11. The van der Waals surface area contributed by atoms with Crippen molar-refractivity contribution in [3.63, 3.8) is 0 Å². The molecule has 0 spiro atoms. The van der Waals surface area contributed by atoms with Crippen LogP contribution in [0.2, 0.25) is 0 Å². The molecule has 2 aromatic rings. The topological polar surface area (TPSA) is 71.1 Å². The van der Waals surface area contributed by atoms with Crippen molar-refractivity contribution < 1.29 is 27.9 Å². The predicted octanol–water partition coefficient (Wildman–Crippen LogP) is 4.08. The summed E-state index contributed by atoms with van der Waals surface area (Å²) in [6, 6.07) is 14.6. The fourth-order valence-corrected chi connectivity index (χ4v) is 3.31. The SMILES string of the molecule is COc1ccc(COCc2ccccc2C(=O)CP(=O)(OC)OC)cc1. The maximum Gasteiger partial charge on any atom is 0.337 e. The van der Waals surface area contributed by atoms with Crippen LogP contribution in [0.15, 0.2) is 48.5 Å². The summed E-state index contributed by atoms with van der Waals surface area (Å²) in [4.78, 5) is 12.5. The second-order valence-electron chi connectivity index (χ2n) is 5.56. The second kappa shape index (κ2) is 9.64. The van der Waals surface area contributed by atoms with Gasteiger partial charge in [-0.1, -0.05) is 36.4 Å². The molecule has 0 bridgehead atoms. The van der Waals surface area contributed by atoms with Gasteiger partial charge in [0.25, 0.3) is 0 Å². The summed E-state index contributed by atoms with van der Waals surface area (Å²) in [5.41, 5.74) is 2.18. The molecule has 0 atom stereocenters. The van der Waals surface area contributed by atoms with Crippen molar-refractivity contribution in [2.24, 2.45) is 0 Å². The van der Waals surface area contributed by atoms with Crippen LogP contribution in [0.1, 0.15) is 21.5 Å². The number of carbonyl (C=O) groups is 1. The number of ketones is 1. The van der Waals surface area contributed by atoms with Gasteiger partial charge in [0.05, 0.1) is 20.3 Å². The molecule has 0 aliphatic carbocycles. The standard InChI is InChI=1S/C19H23O6P/c1-22-17-10-8-15(9-11-17)12-25-13-16-6-4-5-7-18(16)19(20)14-26(21,23-2)24-3/h4-11H,12-14H2,1-3H3. The van der Waals surface area contributed by atoms with E-state index < -0.39 is 7.60 Å². The minimum Gasteiger partial charge on any atom is -0.497 e. The van der Waals surface area contributed by atoms with Gasteiger partial charge in [0.2, 0.25) is 0 Å². The normalized spacial score (nSPS) is 11.3. The average Bonchev–Trinajstić information content (AvgIpc) is 2.68. The first-order valence-electron chi connectivity index (χ1n) is 8.03. The first-order valence-corrected chi connectivity index (χ1v) is 9.76. The van der Waals surface area contributed by atoms with Crippen LogP contribution in [0.25, 0.3) is 0 Å².